The molecule has 0 aliphatic rings. The van der Waals surface area contributed by atoms with Gasteiger partial charge in [-0.25, -0.2) is 4.98 Å². The SMILES string of the molecule is OC(c1ccccc1)c1nccn1Cc1cccnc1. The van der Waals surface area contributed by atoms with Gasteiger partial charge in [0.05, 0.1) is 6.54 Å². The Hall–Kier alpha value is -2.46. The van der Waals surface area contributed by atoms with Crippen molar-refractivity contribution in [1.29, 1.82) is 0 Å². The molecule has 4 heteroatoms. The monoisotopic (exact) mass is 265 g/mol. The first-order valence-corrected chi connectivity index (χ1v) is 6.47. The summed E-state index contributed by atoms with van der Waals surface area (Å²) in [5.74, 6) is 0.639. The number of hydrogen-bond acceptors (Lipinski definition) is 3. The third-order valence-corrected chi connectivity index (χ3v) is 3.18. The van der Waals surface area contributed by atoms with Crippen molar-refractivity contribution in [3.8, 4) is 0 Å². The summed E-state index contributed by atoms with van der Waals surface area (Å²) >= 11 is 0. The molecule has 0 saturated heterocycles. The van der Waals surface area contributed by atoms with Crippen LogP contribution in [0.5, 0.6) is 0 Å². The van der Waals surface area contributed by atoms with Crippen LogP contribution in [0.25, 0.3) is 0 Å². The number of aromatic nitrogens is 3. The molecule has 3 aromatic rings. The van der Waals surface area contributed by atoms with E-state index < -0.39 is 6.10 Å². The van der Waals surface area contributed by atoms with Crippen molar-refractivity contribution in [2.75, 3.05) is 0 Å². The Kier molecular flexibility index (Phi) is 3.56. The van der Waals surface area contributed by atoms with Crippen molar-refractivity contribution in [3.63, 3.8) is 0 Å². The molecule has 1 atom stereocenters. The minimum Gasteiger partial charge on any atom is -0.380 e. The molecule has 0 amide bonds. The number of hydrogen-bond donors (Lipinski definition) is 1. The number of imidazole rings is 1. The molecule has 20 heavy (non-hydrogen) atoms. The molecule has 0 spiro atoms. The van der Waals surface area contributed by atoms with Gasteiger partial charge in [-0.3, -0.25) is 4.98 Å². The Morgan fingerprint density at radius 1 is 1.05 bits per heavy atom. The third-order valence-electron chi connectivity index (χ3n) is 3.18. The summed E-state index contributed by atoms with van der Waals surface area (Å²) in [6, 6.07) is 13.4. The molecule has 2 heterocycles. The van der Waals surface area contributed by atoms with Gasteiger partial charge in [0.2, 0.25) is 0 Å². The highest BCUT2D eigenvalue weighted by Crippen LogP contribution is 2.20. The Balaban J connectivity index is 1.87. The fraction of sp³-hybridized carbons (Fsp3) is 0.125. The summed E-state index contributed by atoms with van der Waals surface area (Å²) < 4.78 is 1.94. The van der Waals surface area contributed by atoms with E-state index in [-0.39, 0.29) is 0 Å². The van der Waals surface area contributed by atoms with Crippen molar-refractivity contribution >= 4 is 0 Å². The van der Waals surface area contributed by atoms with Gasteiger partial charge in [-0.1, -0.05) is 36.4 Å². The Labute approximate surface area is 117 Å². The highest BCUT2D eigenvalue weighted by atomic mass is 16.3. The van der Waals surface area contributed by atoms with E-state index in [1.807, 2.05) is 59.4 Å². The van der Waals surface area contributed by atoms with Crippen molar-refractivity contribution in [2.24, 2.45) is 0 Å². The second kappa shape index (κ2) is 5.67. The first-order chi connectivity index (χ1) is 9.84. The topological polar surface area (TPSA) is 50.9 Å². The first kappa shape index (κ1) is 12.6. The lowest BCUT2D eigenvalue weighted by Gasteiger charge is -2.13. The van der Waals surface area contributed by atoms with Crippen LogP contribution in [-0.4, -0.2) is 19.6 Å². The van der Waals surface area contributed by atoms with Crippen LogP contribution in [0.4, 0.5) is 0 Å². The lowest BCUT2D eigenvalue weighted by molar-refractivity contribution is 0.205. The average Bonchev–Trinajstić information content (AvgIpc) is 2.96. The van der Waals surface area contributed by atoms with Gasteiger partial charge >= 0.3 is 0 Å². The Bertz CT molecular complexity index is 664. The van der Waals surface area contributed by atoms with E-state index in [9.17, 15) is 5.11 Å². The van der Waals surface area contributed by atoms with Crippen LogP contribution in [0.1, 0.15) is 23.1 Å². The zero-order valence-corrected chi connectivity index (χ0v) is 10.9. The van der Waals surface area contributed by atoms with Gasteiger partial charge in [-0.2, -0.15) is 0 Å². The predicted octanol–water partition coefficient (Wildman–Crippen LogP) is 2.41. The first-order valence-electron chi connectivity index (χ1n) is 6.47. The number of nitrogens with zero attached hydrogens (tertiary/aromatic N) is 3. The highest BCUT2D eigenvalue weighted by Gasteiger charge is 2.15. The van der Waals surface area contributed by atoms with E-state index >= 15 is 0 Å². The van der Waals surface area contributed by atoms with Crippen molar-refractivity contribution < 1.29 is 5.11 Å². The second-order valence-electron chi connectivity index (χ2n) is 4.59. The molecule has 100 valence electrons. The lowest BCUT2D eigenvalue weighted by atomic mass is 10.1. The van der Waals surface area contributed by atoms with Gasteiger partial charge in [0.15, 0.2) is 0 Å². The van der Waals surface area contributed by atoms with Crippen LogP contribution in [0.2, 0.25) is 0 Å². The summed E-state index contributed by atoms with van der Waals surface area (Å²) in [5, 5.41) is 10.4. The molecule has 0 aliphatic carbocycles. The fourth-order valence-electron chi connectivity index (χ4n) is 2.17. The quantitative estimate of drug-likeness (QED) is 0.788. The Morgan fingerprint density at radius 2 is 1.90 bits per heavy atom. The van der Waals surface area contributed by atoms with Gasteiger partial charge in [0.25, 0.3) is 0 Å². The molecule has 1 aromatic carbocycles. The van der Waals surface area contributed by atoms with Crippen LogP contribution in [0.3, 0.4) is 0 Å². The van der Waals surface area contributed by atoms with Gasteiger partial charge in [-0.05, 0) is 17.2 Å². The lowest BCUT2D eigenvalue weighted by Crippen LogP contribution is -2.10. The maximum absolute atomic E-state index is 10.4. The summed E-state index contributed by atoms with van der Waals surface area (Å²) in [7, 11) is 0. The molecule has 1 N–H and O–H groups in total. The van der Waals surface area contributed by atoms with Crippen LogP contribution in [0.15, 0.2) is 67.3 Å². The number of aliphatic hydroxyl groups is 1. The number of rotatable bonds is 4. The minimum atomic E-state index is -0.720. The molecule has 0 fully saturated rings. The molecule has 0 radical (unpaired) electrons. The number of aliphatic hydroxyl groups excluding tert-OH is 1. The molecule has 4 nitrogen and oxygen atoms in total. The molecule has 1 unspecified atom stereocenters. The van der Waals surface area contributed by atoms with Gasteiger partial charge < -0.3 is 9.67 Å². The normalized spacial score (nSPS) is 12.2. The number of benzene rings is 1. The standard InChI is InChI=1S/C16H15N3O/c20-15(14-6-2-1-3-7-14)16-18-9-10-19(16)12-13-5-4-8-17-11-13/h1-11,15,20H,12H2. The summed E-state index contributed by atoms with van der Waals surface area (Å²) in [5.41, 5.74) is 1.91. The smallest absolute Gasteiger partial charge is 0.142 e. The van der Waals surface area contributed by atoms with Crippen LogP contribution in [-0.2, 0) is 6.54 Å². The molecular formula is C16H15N3O. The van der Waals surface area contributed by atoms with Crippen LogP contribution < -0.4 is 0 Å². The van der Waals surface area contributed by atoms with Gasteiger partial charge in [-0.15, -0.1) is 0 Å². The zero-order valence-electron chi connectivity index (χ0n) is 10.9. The van der Waals surface area contributed by atoms with Crippen molar-refractivity contribution in [1.82, 2.24) is 14.5 Å². The summed E-state index contributed by atoms with van der Waals surface area (Å²) in [6.45, 7) is 0.646. The number of pyridine rings is 1. The molecule has 2 aromatic heterocycles. The van der Waals surface area contributed by atoms with E-state index in [4.69, 9.17) is 0 Å². The highest BCUT2D eigenvalue weighted by molar-refractivity contribution is 5.23. The molecular weight excluding hydrogens is 250 g/mol. The molecule has 3 rings (SSSR count). The molecule has 0 aliphatic heterocycles. The van der Waals surface area contributed by atoms with E-state index in [1.54, 1.807) is 12.4 Å². The largest absolute Gasteiger partial charge is 0.380 e. The fourth-order valence-corrected chi connectivity index (χ4v) is 2.17. The van der Waals surface area contributed by atoms with Crippen LogP contribution in [0, 0.1) is 0 Å². The van der Waals surface area contributed by atoms with E-state index in [2.05, 4.69) is 9.97 Å². The zero-order chi connectivity index (χ0) is 13.8. The van der Waals surface area contributed by atoms with E-state index in [0.29, 0.717) is 12.4 Å². The average molecular weight is 265 g/mol. The van der Waals surface area contributed by atoms with Crippen LogP contribution >= 0.6 is 0 Å². The maximum Gasteiger partial charge on any atom is 0.142 e. The second-order valence-corrected chi connectivity index (χ2v) is 4.59. The minimum absolute atomic E-state index is 0.639. The summed E-state index contributed by atoms with van der Waals surface area (Å²) in [6.07, 6.45) is 6.42. The molecule has 0 saturated carbocycles. The van der Waals surface area contributed by atoms with E-state index in [0.717, 1.165) is 11.1 Å². The molecule has 0 bridgehead atoms. The Morgan fingerprint density at radius 3 is 2.65 bits per heavy atom. The maximum atomic E-state index is 10.4. The van der Waals surface area contributed by atoms with Crippen molar-refractivity contribution in [3.05, 3.63) is 84.2 Å². The van der Waals surface area contributed by atoms with Crippen molar-refractivity contribution in [2.45, 2.75) is 12.6 Å². The van der Waals surface area contributed by atoms with E-state index in [1.165, 1.54) is 0 Å². The summed E-state index contributed by atoms with van der Waals surface area (Å²) in [4.78, 5) is 8.38. The van der Waals surface area contributed by atoms with Gasteiger partial charge in [0, 0.05) is 24.8 Å². The predicted molar refractivity (Wildman–Crippen MR) is 76.1 cm³/mol. The van der Waals surface area contributed by atoms with Gasteiger partial charge in [0.1, 0.15) is 11.9 Å². The third kappa shape index (κ3) is 2.60.